The number of rotatable bonds is 1. The van der Waals surface area contributed by atoms with Gasteiger partial charge in [-0.3, -0.25) is 0 Å². The van der Waals surface area contributed by atoms with Crippen molar-refractivity contribution in [2.75, 3.05) is 24.7 Å². The van der Waals surface area contributed by atoms with E-state index in [9.17, 15) is 0 Å². The summed E-state index contributed by atoms with van der Waals surface area (Å²) in [5.74, 6) is 0. The molecule has 0 amide bonds. The van der Waals surface area contributed by atoms with Gasteiger partial charge >= 0.3 is 0 Å². The van der Waals surface area contributed by atoms with Gasteiger partial charge in [0.05, 0.1) is 0 Å². The number of anilines is 2. The molecule has 0 saturated heterocycles. The summed E-state index contributed by atoms with van der Waals surface area (Å²) in [6.07, 6.45) is 0. The second kappa shape index (κ2) is 3.05. The van der Waals surface area contributed by atoms with Gasteiger partial charge in [-0.1, -0.05) is 0 Å². The normalized spacial score (nSPS) is 10.0. The zero-order chi connectivity index (χ0) is 9.30. The van der Waals surface area contributed by atoms with Crippen LogP contribution in [0, 0.1) is 13.8 Å². The van der Waals surface area contributed by atoms with Crippen LogP contribution >= 0.6 is 0 Å². The zero-order valence-corrected chi connectivity index (χ0v) is 8.18. The van der Waals surface area contributed by atoms with Gasteiger partial charge in [0.1, 0.15) is 0 Å². The number of nitrogen functional groups attached to an aromatic ring is 1. The monoisotopic (exact) mass is 164 g/mol. The van der Waals surface area contributed by atoms with Crippen LogP contribution in [0.4, 0.5) is 11.4 Å². The fourth-order valence-electron chi connectivity index (χ4n) is 1.31. The Balaban J connectivity index is 3.27. The molecule has 1 aromatic carbocycles. The first-order valence-electron chi connectivity index (χ1n) is 4.07. The third-order valence-corrected chi connectivity index (χ3v) is 2.28. The Morgan fingerprint density at radius 3 is 2.17 bits per heavy atom. The van der Waals surface area contributed by atoms with Crippen LogP contribution in [0.5, 0.6) is 0 Å². The zero-order valence-electron chi connectivity index (χ0n) is 8.18. The number of nitrogens with zero attached hydrogens (tertiary/aromatic N) is 1. The Kier molecular flexibility index (Phi) is 2.27. The van der Waals surface area contributed by atoms with Crippen LogP contribution in [0.1, 0.15) is 11.1 Å². The maximum atomic E-state index is 5.77. The molecule has 0 saturated carbocycles. The highest BCUT2D eigenvalue weighted by atomic mass is 15.1. The maximum absolute atomic E-state index is 5.77. The van der Waals surface area contributed by atoms with Crippen molar-refractivity contribution in [3.05, 3.63) is 23.3 Å². The Labute approximate surface area is 74.0 Å². The second-order valence-electron chi connectivity index (χ2n) is 3.32. The molecule has 0 fully saturated rings. The van der Waals surface area contributed by atoms with Gasteiger partial charge in [-0.2, -0.15) is 0 Å². The predicted molar refractivity (Wildman–Crippen MR) is 54.7 cm³/mol. The van der Waals surface area contributed by atoms with E-state index in [-0.39, 0.29) is 0 Å². The molecule has 2 nitrogen and oxygen atoms in total. The van der Waals surface area contributed by atoms with Crippen LogP contribution in [-0.4, -0.2) is 14.1 Å². The molecule has 66 valence electrons. The molecule has 0 atom stereocenters. The van der Waals surface area contributed by atoms with Crippen LogP contribution < -0.4 is 10.6 Å². The number of nitrogens with two attached hydrogens (primary N) is 1. The first-order chi connectivity index (χ1) is 5.54. The summed E-state index contributed by atoms with van der Waals surface area (Å²) < 4.78 is 0. The van der Waals surface area contributed by atoms with Crippen molar-refractivity contribution in [1.82, 2.24) is 0 Å². The van der Waals surface area contributed by atoms with E-state index in [2.05, 4.69) is 24.8 Å². The van der Waals surface area contributed by atoms with Crippen LogP contribution in [-0.2, 0) is 0 Å². The molecule has 0 aliphatic heterocycles. The SMILES string of the molecule is Cc1c(N)ccc(N(C)C)c1C. The highest BCUT2D eigenvalue weighted by Gasteiger charge is 2.04. The lowest BCUT2D eigenvalue weighted by atomic mass is 10.1. The molecule has 0 spiro atoms. The summed E-state index contributed by atoms with van der Waals surface area (Å²) in [5.41, 5.74) is 10.3. The molecule has 0 aliphatic rings. The van der Waals surface area contributed by atoms with Crippen molar-refractivity contribution in [2.24, 2.45) is 0 Å². The molecule has 0 aromatic heterocycles. The minimum absolute atomic E-state index is 0.873. The van der Waals surface area contributed by atoms with E-state index >= 15 is 0 Å². The summed E-state index contributed by atoms with van der Waals surface area (Å²) in [5, 5.41) is 0. The van der Waals surface area contributed by atoms with E-state index in [1.807, 2.05) is 20.2 Å². The van der Waals surface area contributed by atoms with E-state index in [1.54, 1.807) is 0 Å². The van der Waals surface area contributed by atoms with Gasteiger partial charge in [-0.05, 0) is 37.1 Å². The minimum atomic E-state index is 0.873. The first-order valence-corrected chi connectivity index (χ1v) is 4.07. The second-order valence-corrected chi connectivity index (χ2v) is 3.32. The van der Waals surface area contributed by atoms with Crippen molar-refractivity contribution in [2.45, 2.75) is 13.8 Å². The molecule has 2 N–H and O–H groups in total. The van der Waals surface area contributed by atoms with Gasteiger partial charge in [-0.15, -0.1) is 0 Å². The lowest BCUT2D eigenvalue weighted by Gasteiger charge is -2.17. The summed E-state index contributed by atoms with van der Waals surface area (Å²) in [6, 6.07) is 4.01. The Bertz CT molecular complexity index is 290. The van der Waals surface area contributed by atoms with Gasteiger partial charge in [0.2, 0.25) is 0 Å². The van der Waals surface area contributed by atoms with Crippen LogP contribution in [0.15, 0.2) is 12.1 Å². The molecule has 0 radical (unpaired) electrons. The van der Waals surface area contributed by atoms with Gasteiger partial charge in [0.25, 0.3) is 0 Å². The molecular weight excluding hydrogens is 148 g/mol. The predicted octanol–water partition coefficient (Wildman–Crippen LogP) is 1.95. The molecule has 2 heteroatoms. The Hall–Kier alpha value is -1.18. The topological polar surface area (TPSA) is 29.3 Å². The third kappa shape index (κ3) is 1.37. The van der Waals surface area contributed by atoms with Crippen LogP contribution in [0.3, 0.4) is 0 Å². The fraction of sp³-hybridized carbons (Fsp3) is 0.400. The third-order valence-electron chi connectivity index (χ3n) is 2.28. The number of benzene rings is 1. The van der Waals surface area contributed by atoms with Crippen molar-refractivity contribution in [3.63, 3.8) is 0 Å². The van der Waals surface area contributed by atoms with Gasteiger partial charge in [-0.25, -0.2) is 0 Å². The van der Waals surface area contributed by atoms with Gasteiger partial charge in [0.15, 0.2) is 0 Å². The molecule has 1 aromatic rings. The van der Waals surface area contributed by atoms with E-state index < -0.39 is 0 Å². The standard InChI is InChI=1S/C10H16N2/c1-7-8(2)10(12(3)4)6-5-9(7)11/h5-6H,11H2,1-4H3. The average Bonchev–Trinajstić information content (AvgIpc) is 2.00. The molecule has 12 heavy (non-hydrogen) atoms. The van der Waals surface area contributed by atoms with E-state index in [4.69, 9.17) is 5.73 Å². The van der Waals surface area contributed by atoms with E-state index in [0.717, 1.165) is 5.69 Å². The lowest BCUT2D eigenvalue weighted by molar-refractivity contribution is 1.11. The van der Waals surface area contributed by atoms with Crippen LogP contribution in [0.2, 0.25) is 0 Å². The minimum Gasteiger partial charge on any atom is -0.399 e. The van der Waals surface area contributed by atoms with Crippen molar-refractivity contribution in [3.8, 4) is 0 Å². The van der Waals surface area contributed by atoms with Gasteiger partial charge < -0.3 is 10.6 Å². The highest BCUT2D eigenvalue weighted by molar-refractivity contribution is 5.63. The molecule has 0 bridgehead atoms. The fourth-order valence-corrected chi connectivity index (χ4v) is 1.31. The van der Waals surface area contributed by atoms with Crippen LogP contribution in [0.25, 0.3) is 0 Å². The number of hydrogen-bond acceptors (Lipinski definition) is 2. The molecular formula is C10H16N2. The highest BCUT2D eigenvalue weighted by Crippen LogP contribution is 2.24. The lowest BCUT2D eigenvalue weighted by Crippen LogP contribution is -2.11. The summed E-state index contributed by atoms with van der Waals surface area (Å²) in [7, 11) is 4.08. The number of hydrogen-bond donors (Lipinski definition) is 1. The quantitative estimate of drug-likeness (QED) is 0.643. The van der Waals surface area contributed by atoms with Crippen molar-refractivity contribution >= 4 is 11.4 Å². The average molecular weight is 164 g/mol. The molecule has 0 heterocycles. The smallest absolute Gasteiger partial charge is 0.0394 e. The Morgan fingerprint density at radius 2 is 1.67 bits per heavy atom. The Morgan fingerprint density at radius 1 is 1.08 bits per heavy atom. The largest absolute Gasteiger partial charge is 0.399 e. The molecule has 0 unspecified atom stereocenters. The van der Waals surface area contributed by atoms with Gasteiger partial charge in [0, 0.05) is 25.5 Å². The maximum Gasteiger partial charge on any atom is 0.0394 e. The van der Waals surface area contributed by atoms with Crippen molar-refractivity contribution in [1.29, 1.82) is 0 Å². The molecule has 0 aliphatic carbocycles. The first kappa shape index (κ1) is 8.91. The van der Waals surface area contributed by atoms with E-state index in [1.165, 1.54) is 16.8 Å². The summed E-state index contributed by atoms with van der Waals surface area (Å²) in [6.45, 7) is 4.15. The summed E-state index contributed by atoms with van der Waals surface area (Å²) >= 11 is 0. The van der Waals surface area contributed by atoms with Crippen molar-refractivity contribution < 1.29 is 0 Å². The summed E-state index contributed by atoms with van der Waals surface area (Å²) in [4.78, 5) is 2.10. The van der Waals surface area contributed by atoms with E-state index in [0.29, 0.717) is 0 Å². The molecule has 1 rings (SSSR count).